The summed E-state index contributed by atoms with van der Waals surface area (Å²) < 4.78 is 0. The smallest absolute Gasteiger partial charge is 0.119 e. The fourth-order valence-electron chi connectivity index (χ4n) is 1.10. The van der Waals surface area contributed by atoms with Crippen LogP contribution in [0.15, 0.2) is 23.4 Å². The maximum Gasteiger partial charge on any atom is 0.119 e. The van der Waals surface area contributed by atoms with Gasteiger partial charge in [0.25, 0.3) is 0 Å². The number of aromatic nitrogens is 1. The third kappa shape index (κ3) is 1.48. The Morgan fingerprint density at radius 1 is 1.55 bits per heavy atom. The summed E-state index contributed by atoms with van der Waals surface area (Å²) in [7, 11) is 0. The quantitative estimate of drug-likeness (QED) is 0.638. The van der Waals surface area contributed by atoms with Crippen molar-refractivity contribution >= 4 is 17.4 Å². The van der Waals surface area contributed by atoms with Crippen LogP contribution in [0.1, 0.15) is 6.42 Å². The highest BCUT2D eigenvalue weighted by Gasteiger charge is 2.06. The fraction of sp³-hybridized carbons (Fsp3) is 0.375. The van der Waals surface area contributed by atoms with E-state index in [9.17, 15) is 0 Å². The fourth-order valence-corrected chi connectivity index (χ4v) is 2.02. The van der Waals surface area contributed by atoms with Crippen LogP contribution < -0.4 is 5.32 Å². The molecule has 0 unspecified atom stereocenters. The number of rotatable bonds is 0. The second-order valence-electron chi connectivity index (χ2n) is 2.48. The van der Waals surface area contributed by atoms with Gasteiger partial charge in [0.1, 0.15) is 5.03 Å². The SMILES string of the molecule is c1cnc2c(c1)NCCCS2. The number of hydrogen-bond donors (Lipinski definition) is 1. The van der Waals surface area contributed by atoms with Gasteiger partial charge in [-0.15, -0.1) is 11.8 Å². The van der Waals surface area contributed by atoms with Gasteiger partial charge in [0.15, 0.2) is 0 Å². The van der Waals surface area contributed by atoms with Crippen LogP contribution in [0, 0.1) is 0 Å². The van der Waals surface area contributed by atoms with Crippen LogP contribution >= 0.6 is 11.8 Å². The van der Waals surface area contributed by atoms with Crippen LogP contribution in [0.4, 0.5) is 5.69 Å². The zero-order chi connectivity index (χ0) is 7.52. The number of anilines is 1. The molecule has 1 N–H and O–H groups in total. The van der Waals surface area contributed by atoms with Crippen LogP contribution in [0.2, 0.25) is 0 Å². The van der Waals surface area contributed by atoms with Gasteiger partial charge in [-0.05, 0) is 18.6 Å². The summed E-state index contributed by atoms with van der Waals surface area (Å²) in [5.41, 5.74) is 1.19. The highest BCUT2D eigenvalue weighted by atomic mass is 32.2. The summed E-state index contributed by atoms with van der Waals surface area (Å²) in [4.78, 5) is 4.28. The highest BCUT2D eigenvalue weighted by Crippen LogP contribution is 2.27. The lowest BCUT2D eigenvalue weighted by atomic mass is 10.4. The van der Waals surface area contributed by atoms with E-state index in [2.05, 4.69) is 16.4 Å². The molecule has 1 aromatic heterocycles. The van der Waals surface area contributed by atoms with Crippen molar-refractivity contribution in [2.45, 2.75) is 11.4 Å². The van der Waals surface area contributed by atoms with Crippen molar-refractivity contribution in [1.82, 2.24) is 4.98 Å². The molecule has 0 spiro atoms. The van der Waals surface area contributed by atoms with Crippen LogP contribution in [0.3, 0.4) is 0 Å². The topological polar surface area (TPSA) is 24.9 Å². The molecule has 2 nitrogen and oxygen atoms in total. The van der Waals surface area contributed by atoms with Crippen molar-refractivity contribution in [2.24, 2.45) is 0 Å². The molecule has 0 aromatic carbocycles. The Morgan fingerprint density at radius 2 is 2.55 bits per heavy atom. The molecule has 3 heteroatoms. The first kappa shape index (κ1) is 6.98. The molecule has 0 saturated heterocycles. The van der Waals surface area contributed by atoms with Crippen LogP contribution in [-0.4, -0.2) is 17.3 Å². The minimum atomic E-state index is 1.08. The van der Waals surface area contributed by atoms with Gasteiger partial charge in [-0.25, -0.2) is 4.98 Å². The van der Waals surface area contributed by atoms with E-state index in [1.807, 2.05) is 24.0 Å². The Bertz CT molecular complexity index is 225. The Kier molecular flexibility index (Phi) is 1.99. The molecule has 0 aliphatic carbocycles. The predicted molar refractivity (Wildman–Crippen MR) is 48.1 cm³/mol. The van der Waals surface area contributed by atoms with Crippen molar-refractivity contribution < 1.29 is 0 Å². The molecule has 11 heavy (non-hydrogen) atoms. The van der Waals surface area contributed by atoms with Crippen molar-refractivity contribution in [3.63, 3.8) is 0 Å². The summed E-state index contributed by atoms with van der Waals surface area (Å²) >= 11 is 1.84. The van der Waals surface area contributed by atoms with E-state index in [4.69, 9.17) is 0 Å². The van der Waals surface area contributed by atoms with Crippen LogP contribution in [0.5, 0.6) is 0 Å². The molecule has 1 aromatic rings. The number of fused-ring (bicyclic) bond motifs is 1. The van der Waals surface area contributed by atoms with E-state index in [0.717, 1.165) is 11.6 Å². The lowest BCUT2D eigenvalue weighted by molar-refractivity contribution is 0.996. The maximum atomic E-state index is 4.28. The monoisotopic (exact) mass is 166 g/mol. The normalized spacial score (nSPS) is 16.4. The van der Waals surface area contributed by atoms with E-state index in [1.165, 1.54) is 17.9 Å². The maximum absolute atomic E-state index is 4.28. The molecule has 0 radical (unpaired) electrons. The highest BCUT2D eigenvalue weighted by molar-refractivity contribution is 7.99. The van der Waals surface area contributed by atoms with E-state index in [0.29, 0.717) is 0 Å². The number of hydrogen-bond acceptors (Lipinski definition) is 3. The molecule has 2 rings (SSSR count). The summed E-state index contributed by atoms with van der Waals surface area (Å²) in [6, 6.07) is 4.05. The molecule has 1 aliphatic rings. The second-order valence-corrected chi connectivity index (χ2v) is 3.57. The summed E-state index contributed by atoms with van der Waals surface area (Å²) in [5.74, 6) is 1.18. The minimum Gasteiger partial charge on any atom is -0.383 e. The summed E-state index contributed by atoms with van der Waals surface area (Å²) in [6.07, 6.45) is 3.07. The zero-order valence-electron chi connectivity index (χ0n) is 6.21. The lowest BCUT2D eigenvalue weighted by Crippen LogP contribution is -1.99. The van der Waals surface area contributed by atoms with Crippen molar-refractivity contribution in [1.29, 1.82) is 0 Å². The predicted octanol–water partition coefficient (Wildman–Crippen LogP) is 1.99. The van der Waals surface area contributed by atoms with Crippen LogP contribution in [0.25, 0.3) is 0 Å². The number of thioether (sulfide) groups is 1. The van der Waals surface area contributed by atoms with Crippen molar-refractivity contribution in [3.8, 4) is 0 Å². The van der Waals surface area contributed by atoms with Gasteiger partial charge in [0.05, 0.1) is 5.69 Å². The van der Waals surface area contributed by atoms with E-state index < -0.39 is 0 Å². The molecule has 0 saturated carbocycles. The Hall–Kier alpha value is -0.700. The first-order valence-electron chi connectivity index (χ1n) is 3.78. The average Bonchev–Trinajstić information content (AvgIpc) is 2.28. The molecule has 2 heterocycles. The van der Waals surface area contributed by atoms with Gasteiger partial charge in [-0.1, -0.05) is 0 Å². The van der Waals surface area contributed by atoms with E-state index in [-0.39, 0.29) is 0 Å². The molecule has 0 atom stereocenters. The number of nitrogens with one attached hydrogen (secondary N) is 1. The molecule has 0 fully saturated rings. The molecule has 0 bridgehead atoms. The van der Waals surface area contributed by atoms with Gasteiger partial charge >= 0.3 is 0 Å². The average molecular weight is 166 g/mol. The number of pyridine rings is 1. The number of nitrogens with zero attached hydrogens (tertiary/aromatic N) is 1. The minimum absolute atomic E-state index is 1.08. The van der Waals surface area contributed by atoms with Crippen molar-refractivity contribution in [3.05, 3.63) is 18.3 Å². The van der Waals surface area contributed by atoms with Gasteiger partial charge in [-0.2, -0.15) is 0 Å². The summed E-state index contributed by atoms with van der Waals surface area (Å²) in [6.45, 7) is 1.08. The van der Waals surface area contributed by atoms with E-state index >= 15 is 0 Å². The Balaban J connectivity index is 2.33. The van der Waals surface area contributed by atoms with Crippen LogP contribution in [-0.2, 0) is 0 Å². The first-order chi connectivity index (χ1) is 5.47. The third-order valence-corrected chi connectivity index (χ3v) is 2.74. The Labute approximate surface area is 70.4 Å². The second kappa shape index (κ2) is 3.13. The van der Waals surface area contributed by atoms with Gasteiger partial charge in [0, 0.05) is 18.5 Å². The largest absolute Gasteiger partial charge is 0.383 e. The van der Waals surface area contributed by atoms with E-state index in [1.54, 1.807) is 0 Å². The van der Waals surface area contributed by atoms with Gasteiger partial charge < -0.3 is 5.32 Å². The molecular weight excluding hydrogens is 156 g/mol. The zero-order valence-corrected chi connectivity index (χ0v) is 7.03. The van der Waals surface area contributed by atoms with Crippen molar-refractivity contribution in [2.75, 3.05) is 17.6 Å². The molecular formula is C8H10N2S. The molecule has 1 aliphatic heterocycles. The summed E-state index contributed by atoms with van der Waals surface area (Å²) in [5, 5.41) is 4.49. The first-order valence-corrected chi connectivity index (χ1v) is 4.77. The Morgan fingerprint density at radius 3 is 3.55 bits per heavy atom. The van der Waals surface area contributed by atoms with Gasteiger partial charge in [0.2, 0.25) is 0 Å². The lowest BCUT2D eigenvalue weighted by Gasteiger charge is -2.03. The third-order valence-electron chi connectivity index (χ3n) is 1.65. The molecule has 58 valence electrons. The van der Waals surface area contributed by atoms with Gasteiger partial charge in [-0.3, -0.25) is 0 Å². The molecule has 0 amide bonds. The standard InChI is InChI=1S/C8H10N2S/c1-3-7-8(10-4-1)11-6-2-5-9-7/h1,3-4,9H,2,5-6H2.